The summed E-state index contributed by atoms with van der Waals surface area (Å²) in [5.41, 5.74) is 5.41. The summed E-state index contributed by atoms with van der Waals surface area (Å²) in [6.07, 6.45) is 0.352. The molecule has 3 aromatic carbocycles. The minimum atomic E-state index is -0.990. The molecular weight excluding hydrogens is 658 g/mol. The number of carboxylic acid groups (broad SMARTS) is 1. The smallest absolute Gasteiger partial charge is 0.309 e. The molecule has 0 saturated carbocycles. The van der Waals surface area contributed by atoms with Gasteiger partial charge in [-0.2, -0.15) is 0 Å². The SMILES string of the molecule is CCOc1nc(-c2ccc(Cn3c(CC(C)(C)C(=O)O)c(SC(C)(C)C)c4cc(OCc5ccc6cc(F)ccc6n5)ccc43)cc2)cs1. The first-order valence-electron chi connectivity index (χ1n) is 16.2. The maximum atomic E-state index is 13.7. The van der Waals surface area contributed by atoms with Gasteiger partial charge in [0.15, 0.2) is 0 Å². The summed E-state index contributed by atoms with van der Waals surface area (Å²) in [4.78, 5) is 22.7. The van der Waals surface area contributed by atoms with E-state index in [1.807, 2.05) is 30.5 Å². The molecule has 0 radical (unpaired) electrons. The van der Waals surface area contributed by atoms with Gasteiger partial charge in [0, 0.05) is 55.5 Å². The Bertz CT molecular complexity index is 2130. The first-order chi connectivity index (χ1) is 23.3. The van der Waals surface area contributed by atoms with Crippen LogP contribution in [-0.2, 0) is 24.4 Å². The van der Waals surface area contributed by atoms with Crippen LogP contribution in [0.2, 0.25) is 0 Å². The number of ether oxygens (including phenoxy) is 2. The lowest BCUT2D eigenvalue weighted by molar-refractivity contribution is -0.146. The number of rotatable bonds is 12. The average Bonchev–Trinajstić information content (AvgIpc) is 3.62. The number of halogens is 1. The van der Waals surface area contributed by atoms with Crippen molar-refractivity contribution in [1.82, 2.24) is 14.5 Å². The van der Waals surface area contributed by atoms with E-state index in [0.717, 1.165) is 49.4 Å². The second-order valence-electron chi connectivity index (χ2n) is 13.7. The third-order valence-electron chi connectivity index (χ3n) is 8.12. The zero-order valence-electron chi connectivity index (χ0n) is 28.5. The van der Waals surface area contributed by atoms with Gasteiger partial charge in [0.1, 0.15) is 18.2 Å². The summed E-state index contributed by atoms with van der Waals surface area (Å²) in [5, 5.41) is 14.6. The highest BCUT2D eigenvalue weighted by molar-refractivity contribution is 8.00. The Balaban J connectivity index is 1.37. The highest BCUT2D eigenvalue weighted by atomic mass is 32.2. The van der Waals surface area contributed by atoms with Crippen molar-refractivity contribution in [3.63, 3.8) is 0 Å². The van der Waals surface area contributed by atoms with Crippen LogP contribution in [0.25, 0.3) is 33.1 Å². The van der Waals surface area contributed by atoms with E-state index in [0.29, 0.717) is 36.0 Å². The molecule has 1 N–H and O–H groups in total. The van der Waals surface area contributed by atoms with Gasteiger partial charge >= 0.3 is 5.97 Å². The highest BCUT2D eigenvalue weighted by Crippen LogP contribution is 2.44. The van der Waals surface area contributed by atoms with Crippen LogP contribution in [0.3, 0.4) is 0 Å². The molecule has 0 saturated heterocycles. The second-order valence-corrected chi connectivity index (χ2v) is 16.3. The molecule has 0 bridgehead atoms. The van der Waals surface area contributed by atoms with Gasteiger partial charge < -0.3 is 19.1 Å². The molecule has 49 heavy (non-hydrogen) atoms. The first kappa shape index (κ1) is 34.5. The van der Waals surface area contributed by atoms with E-state index in [1.165, 1.54) is 23.5 Å². The molecule has 7 nitrogen and oxygen atoms in total. The summed E-state index contributed by atoms with van der Waals surface area (Å²) in [5.74, 6) is -0.452. The number of aromatic nitrogens is 3. The van der Waals surface area contributed by atoms with E-state index in [2.05, 4.69) is 71.7 Å². The fourth-order valence-corrected chi connectivity index (χ4v) is 7.56. The van der Waals surface area contributed by atoms with E-state index >= 15 is 0 Å². The summed E-state index contributed by atoms with van der Waals surface area (Å²) >= 11 is 3.22. The molecule has 0 aliphatic carbocycles. The van der Waals surface area contributed by atoms with Crippen molar-refractivity contribution < 1.29 is 23.8 Å². The van der Waals surface area contributed by atoms with Crippen molar-refractivity contribution in [3.8, 4) is 22.2 Å². The predicted octanol–water partition coefficient (Wildman–Crippen LogP) is 10.0. The summed E-state index contributed by atoms with van der Waals surface area (Å²) in [7, 11) is 0. The highest BCUT2D eigenvalue weighted by Gasteiger charge is 2.33. The molecule has 254 valence electrons. The summed E-state index contributed by atoms with van der Waals surface area (Å²) < 4.78 is 27.6. The van der Waals surface area contributed by atoms with Gasteiger partial charge in [-0.15, -0.1) is 11.8 Å². The molecule has 0 atom stereocenters. The van der Waals surface area contributed by atoms with Crippen LogP contribution >= 0.6 is 23.1 Å². The summed E-state index contributed by atoms with van der Waals surface area (Å²) in [6, 6.07) is 22.7. The Hall–Kier alpha value is -4.41. The first-order valence-corrected chi connectivity index (χ1v) is 17.9. The van der Waals surface area contributed by atoms with Crippen molar-refractivity contribution in [3.05, 3.63) is 101 Å². The molecule has 3 aromatic heterocycles. The molecule has 0 aliphatic heterocycles. The van der Waals surface area contributed by atoms with E-state index < -0.39 is 11.4 Å². The summed E-state index contributed by atoms with van der Waals surface area (Å²) in [6.45, 7) is 13.4. The molecule has 0 spiro atoms. The number of thioether (sulfide) groups is 1. The van der Waals surface area contributed by atoms with Crippen molar-refractivity contribution in [2.75, 3.05) is 6.61 Å². The molecule has 6 rings (SSSR count). The van der Waals surface area contributed by atoms with Crippen LogP contribution in [0.5, 0.6) is 10.9 Å². The number of thiazole rings is 1. The molecular formula is C39H40FN3O4S2. The molecule has 0 amide bonds. The second kappa shape index (κ2) is 13.8. The fourth-order valence-electron chi connectivity index (χ4n) is 5.64. The number of hydrogen-bond acceptors (Lipinski definition) is 7. The minimum absolute atomic E-state index is 0.137. The Morgan fingerprint density at radius 3 is 2.45 bits per heavy atom. The van der Waals surface area contributed by atoms with Crippen LogP contribution in [0.1, 0.15) is 58.5 Å². The molecule has 0 unspecified atom stereocenters. The predicted molar refractivity (Wildman–Crippen MR) is 197 cm³/mol. The van der Waals surface area contributed by atoms with Crippen LogP contribution in [-0.4, -0.2) is 37.0 Å². The maximum Gasteiger partial charge on any atom is 0.309 e. The van der Waals surface area contributed by atoms with Crippen molar-refractivity contribution in [2.45, 2.75) is 70.8 Å². The number of hydrogen-bond donors (Lipinski definition) is 1. The third kappa shape index (κ3) is 7.92. The lowest BCUT2D eigenvalue weighted by atomic mass is 9.88. The molecule has 10 heteroatoms. The Morgan fingerprint density at radius 2 is 1.73 bits per heavy atom. The number of benzene rings is 3. The van der Waals surface area contributed by atoms with Crippen LogP contribution in [0.4, 0.5) is 4.39 Å². The lowest BCUT2D eigenvalue weighted by Crippen LogP contribution is -2.28. The number of aliphatic carboxylic acids is 1. The normalized spacial score (nSPS) is 12.1. The molecule has 6 aromatic rings. The maximum absolute atomic E-state index is 13.7. The topological polar surface area (TPSA) is 86.5 Å². The quantitative estimate of drug-likeness (QED) is 0.127. The van der Waals surface area contributed by atoms with Gasteiger partial charge in [-0.25, -0.2) is 14.4 Å². The van der Waals surface area contributed by atoms with E-state index in [9.17, 15) is 14.3 Å². The third-order valence-corrected chi connectivity index (χ3v) is 10.1. The van der Waals surface area contributed by atoms with E-state index in [-0.39, 0.29) is 17.2 Å². The van der Waals surface area contributed by atoms with E-state index in [4.69, 9.17) is 9.47 Å². The lowest BCUT2D eigenvalue weighted by Gasteiger charge is -2.24. The van der Waals surface area contributed by atoms with Gasteiger partial charge in [-0.3, -0.25) is 4.79 Å². The molecule has 3 heterocycles. The van der Waals surface area contributed by atoms with Crippen LogP contribution < -0.4 is 9.47 Å². The molecule has 0 fully saturated rings. The Morgan fingerprint density at radius 1 is 0.959 bits per heavy atom. The van der Waals surface area contributed by atoms with Gasteiger partial charge in [0.25, 0.3) is 5.19 Å². The number of pyridine rings is 1. The largest absolute Gasteiger partial charge is 0.487 e. The number of fused-ring (bicyclic) bond motifs is 2. The Labute approximate surface area is 294 Å². The van der Waals surface area contributed by atoms with Gasteiger partial charge in [-0.1, -0.05) is 62.4 Å². The number of carbonyl (C=O) groups is 1. The van der Waals surface area contributed by atoms with Crippen molar-refractivity contribution >= 4 is 50.9 Å². The average molecular weight is 698 g/mol. The van der Waals surface area contributed by atoms with E-state index in [1.54, 1.807) is 31.7 Å². The van der Waals surface area contributed by atoms with Crippen molar-refractivity contribution in [2.24, 2.45) is 5.41 Å². The monoisotopic (exact) mass is 697 g/mol. The zero-order chi connectivity index (χ0) is 34.9. The fraction of sp³-hybridized carbons (Fsp3) is 0.308. The number of carboxylic acids is 1. The van der Waals surface area contributed by atoms with Gasteiger partial charge in [0.05, 0.1) is 28.9 Å². The van der Waals surface area contributed by atoms with Gasteiger partial charge in [0.2, 0.25) is 0 Å². The van der Waals surface area contributed by atoms with Crippen molar-refractivity contribution in [1.29, 1.82) is 0 Å². The standard InChI is InChI=1S/C39H40FN3O4S2/c1-7-46-37-42-32(23-48-37)25-10-8-24(9-11-25)21-43-33-17-15-29(47-22-28-14-12-26-18-27(40)13-16-31(26)41-28)19-30(33)35(49-38(2,3)4)34(43)20-39(5,6)36(44)45/h8-19,23H,7,20-22H2,1-6H3,(H,44,45). The Kier molecular flexibility index (Phi) is 9.73. The van der Waals surface area contributed by atoms with Crippen LogP contribution in [0.15, 0.2) is 83.1 Å². The minimum Gasteiger partial charge on any atom is -0.487 e. The van der Waals surface area contributed by atoms with Gasteiger partial charge in [-0.05, 0) is 68.8 Å². The molecule has 0 aliphatic rings. The number of nitrogens with zero attached hydrogens (tertiary/aromatic N) is 3. The van der Waals surface area contributed by atoms with Crippen LogP contribution in [0, 0.1) is 11.2 Å². The zero-order valence-corrected chi connectivity index (χ0v) is 30.2.